The van der Waals surface area contributed by atoms with E-state index in [0.29, 0.717) is 35.4 Å². The molecule has 1 aliphatic rings. The molecule has 1 fully saturated rings. The molecule has 0 radical (unpaired) electrons. The minimum absolute atomic E-state index is 0.0750. The predicted molar refractivity (Wildman–Crippen MR) is 164 cm³/mol. The summed E-state index contributed by atoms with van der Waals surface area (Å²) in [5.41, 5.74) is 1.59. The number of ether oxygens (including phenoxy) is 4. The Kier molecular flexibility index (Phi) is 12.2. The number of rotatable bonds is 15. The number of morpholine rings is 1. The number of hydrogen-bond donors (Lipinski definition) is 1. The molecular weight excluding hydrogens is 574 g/mol. The van der Waals surface area contributed by atoms with Gasteiger partial charge in [-0.2, -0.15) is 5.26 Å². The van der Waals surface area contributed by atoms with Gasteiger partial charge < -0.3 is 18.9 Å². The van der Waals surface area contributed by atoms with Crippen LogP contribution >= 0.6 is 23.1 Å². The third-order valence-corrected chi connectivity index (χ3v) is 8.11. The van der Waals surface area contributed by atoms with Crippen molar-refractivity contribution in [3.05, 3.63) is 71.8 Å². The van der Waals surface area contributed by atoms with Crippen molar-refractivity contribution >= 4 is 40.2 Å². The molecule has 0 atom stereocenters. The Labute approximate surface area is 253 Å². The number of para-hydroxylation sites is 1. The summed E-state index contributed by atoms with van der Waals surface area (Å²) in [6.07, 6.45) is 4.04. The van der Waals surface area contributed by atoms with Crippen LogP contribution in [0.4, 0.5) is 5.13 Å². The highest BCUT2D eigenvalue weighted by molar-refractivity contribution is 8.01. The minimum atomic E-state index is -0.563. The van der Waals surface area contributed by atoms with Crippen LogP contribution in [0.1, 0.15) is 11.1 Å². The fourth-order valence-electron chi connectivity index (χ4n) is 4.05. The molecule has 0 spiro atoms. The topological polar surface area (TPSA) is 119 Å². The van der Waals surface area contributed by atoms with Crippen LogP contribution in [0.2, 0.25) is 0 Å². The van der Waals surface area contributed by atoms with Crippen LogP contribution in [0.5, 0.6) is 17.2 Å². The second kappa shape index (κ2) is 16.5. The first-order chi connectivity index (χ1) is 20.6. The molecule has 4 rings (SSSR count). The molecule has 0 bridgehead atoms. The van der Waals surface area contributed by atoms with E-state index in [9.17, 15) is 10.1 Å². The molecule has 0 aliphatic carbocycles. The number of benzene rings is 2. The third kappa shape index (κ3) is 9.32. The standard InChI is InChI=1S/C30H33N5O5S2/c1-3-6-23-7-4-5-8-25(23)39-16-17-40-26-10-9-22(20-27(26)37-2)19-24(21-31)28(36)32-29-33-34-30(42-29)41-18-13-35-11-14-38-15-12-35/h3-5,7-10,19-20H,1,6,11-18H2,2H3,(H,32,33,36). The lowest BCUT2D eigenvalue weighted by Gasteiger charge is -2.25. The normalized spacial score (nSPS) is 13.7. The zero-order valence-corrected chi connectivity index (χ0v) is 25.0. The molecule has 2 aromatic carbocycles. The van der Waals surface area contributed by atoms with Crippen molar-refractivity contribution in [3.8, 4) is 23.3 Å². The Balaban J connectivity index is 1.29. The summed E-state index contributed by atoms with van der Waals surface area (Å²) < 4.78 is 23.4. The van der Waals surface area contributed by atoms with Crippen LogP contribution in [0, 0.1) is 11.3 Å². The first kappa shape index (κ1) is 31.1. The quantitative estimate of drug-likeness (QED) is 0.0650. The van der Waals surface area contributed by atoms with Gasteiger partial charge in [0.15, 0.2) is 15.8 Å². The Morgan fingerprint density at radius 3 is 2.71 bits per heavy atom. The number of nitrogens with one attached hydrogen (secondary N) is 1. The van der Waals surface area contributed by atoms with Gasteiger partial charge in [-0.1, -0.05) is 53.4 Å². The smallest absolute Gasteiger partial charge is 0.268 e. The lowest BCUT2D eigenvalue weighted by Crippen LogP contribution is -2.37. The molecule has 220 valence electrons. The average Bonchev–Trinajstić information content (AvgIpc) is 3.46. The van der Waals surface area contributed by atoms with Crippen molar-refractivity contribution < 1.29 is 23.7 Å². The van der Waals surface area contributed by atoms with E-state index >= 15 is 0 Å². The predicted octanol–water partition coefficient (Wildman–Crippen LogP) is 4.70. The fourth-order valence-corrected chi connectivity index (χ4v) is 5.87. The number of hydrogen-bond acceptors (Lipinski definition) is 11. The summed E-state index contributed by atoms with van der Waals surface area (Å²) >= 11 is 2.87. The van der Waals surface area contributed by atoms with E-state index in [-0.39, 0.29) is 5.57 Å². The van der Waals surface area contributed by atoms with Gasteiger partial charge in [0.2, 0.25) is 5.13 Å². The van der Waals surface area contributed by atoms with Crippen molar-refractivity contribution in [2.24, 2.45) is 0 Å². The van der Waals surface area contributed by atoms with Crippen LogP contribution in [-0.4, -0.2) is 79.9 Å². The molecule has 0 unspecified atom stereocenters. The van der Waals surface area contributed by atoms with E-state index in [2.05, 4.69) is 27.0 Å². The Hall–Kier alpha value is -3.89. The van der Waals surface area contributed by atoms with Crippen molar-refractivity contribution in [1.82, 2.24) is 15.1 Å². The van der Waals surface area contributed by atoms with Crippen LogP contribution in [-0.2, 0) is 16.0 Å². The van der Waals surface area contributed by atoms with Gasteiger partial charge >= 0.3 is 0 Å². The molecule has 1 saturated heterocycles. The van der Waals surface area contributed by atoms with Crippen LogP contribution in [0.15, 0.2) is 65.0 Å². The summed E-state index contributed by atoms with van der Waals surface area (Å²) in [6, 6.07) is 14.9. The molecular formula is C30H33N5O5S2. The number of nitrogens with zero attached hydrogens (tertiary/aromatic N) is 4. The fraction of sp³-hybridized carbons (Fsp3) is 0.333. The van der Waals surface area contributed by atoms with Crippen molar-refractivity contribution in [2.45, 2.75) is 10.8 Å². The highest BCUT2D eigenvalue weighted by Gasteiger charge is 2.15. The maximum Gasteiger partial charge on any atom is 0.268 e. The van der Waals surface area contributed by atoms with Gasteiger partial charge in [-0.15, -0.1) is 16.8 Å². The average molecular weight is 608 g/mol. The Bertz CT molecular complexity index is 1420. The molecule has 12 heteroatoms. The SMILES string of the molecule is C=CCc1ccccc1OCCOc1ccc(C=C(C#N)C(=O)Nc2nnc(SCCN3CCOCC3)s2)cc1OC. The maximum atomic E-state index is 12.8. The largest absolute Gasteiger partial charge is 0.493 e. The molecule has 0 saturated carbocycles. The summed E-state index contributed by atoms with van der Waals surface area (Å²) in [6.45, 7) is 8.76. The number of carbonyl (C=O) groups is 1. The number of aromatic nitrogens is 2. The number of allylic oxidation sites excluding steroid dienone is 1. The third-order valence-electron chi connectivity index (χ3n) is 6.16. The minimum Gasteiger partial charge on any atom is -0.493 e. The summed E-state index contributed by atoms with van der Waals surface area (Å²) in [4.78, 5) is 15.1. The lowest BCUT2D eigenvalue weighted by atomic mass is 10.1. The monoisotopic (exact) mass is 607 g/mol. The van der Waals surface area contributed by atoms with E-state index in [1.807, 2.05) is 36.4 Å². The number of anilines is 1. The van der Waals surface area contributed by atoms with Gasteiger partial charge in [-0.25, -0.2) is 0 Å². The van der Waals surface area contributed by atoms with Gasteiger partial charge in [0.1, 0.15) is 30.6 Å². The summed E-state index contributed by atoms with van der Waals surface area (Å²) in [5.74, 6) is 2.09. The number of nitriles is 1. The van der Waals surface area contributed by atoms with E-state index in [4.69, 9.17) is 18.9 Å². The molecule has 42 heavy (non-hydrogen) atoms. The summed E-state index contributed by atoms with van der Waals surface area (Å²) in [7, 11) is 1.53. The maximum absolute atomic E-state index is 12.8. The van der Waals surface area contributed by atoms with E-state index in [0.717, 1.165) is 60.7 Å². The Morgan fingerprint density at radius 1 is 1.17 bits per heavy atom. The van der Waals surface area contributed by atoms with Gasteiger partial charge in [-0.3, -0.25) is 15.0 Å². The number of thioether (sulfide) groups is 1. The second-order valence-electron chi connectivity index (χ2n) is 9.01. The molecule has 1 aliphatic heterocycles. The van der Waals surface area contributed by atoms with Gasteiger partial charge in [-0.05, 0) is 41.8 Å². The first-order valence-electron chi connectivity index (χ1n) is 13.4. The van der Waals surface area contributed by atoms with Crippen molar-refractivity contribution in [3.63, 3.8) is 0 Å². The van der Waals surface area contributed by atoms with Crippen molar-refractivity contribution in [1.29, 1.82) is 5.26 Å². The molecule has 10 nitrogen and oxygen atoms in total. The lowest BCUT2D eigenvalue weighted by molar-refractivity contribution is -0.112. The zero-order valence-electron chi connectivity index (χ0n) is 23.4. The van der Waals surface area contributed by atoms with Crippen LogP contribution < -0.4 is 19.5 Å². The van der Waals surface area contributed by atoms with Crippen molar-refractivity contribution in [2.75, 3.05) is 64.2 Å². The molecule has 3 aromatic rings. The van der Waals surface area contributed by atoms with Crippen LogP contribution in [0.25, 0.3) is 6.08 Å². The van der Waals surface area contributed by atoms with E-state index in [1.165, 1.54) is 24.5 Å². The van der Waals surface area contributed by atoms with E-state index < -0.39 is 5.91 Å². The summed E-state index contributed by atoms with van der Waals surface area (Å²) in [5, 5.41) is 20.8. The second-order valence-corrected chi connectivity index (χ2v) is 11.3. The zero-order chi connectivity index (χ0) is 29.6. The highest BCUT2D eigenvalue weighted by atomic mass is 32.2. The Morgan fingerprint density at radius 2 is 1.95 bits per heavy atom. The molecule has 2 heterocycles. The highest BCUT2D eigenvalue weighted by Crippen LogP contribution is 2.30. The van der Waals surface area contributed by atoms with Crippen LogP contribution in [0.3, 0.4) is 0 Å². The molecule has 1 N–H and O–H groups in total. The number of amides is 1. The van der Waals surface area contributed by atoms with E-state index in [1.54, 1.807) is 30.0 Å². The molecule has 1 amide bonds. The number of carbonyl (C=O) groups excluding carboxylic acids is 1. The first-order valence-corrected chi connectivity index (χ1v) is 15.2. The van der Waals surface area contributed by atoms with Gasteiger partial charge in [0, 0.05) is 25.4 Å². The van der Waals surface area contributed by atoms with Gasteiger partial charge in [0.25, 0.3) is 5.91 Å². The number of methoxy groups -OCH3 is 1. The molecule has 1 aromatic heterocycles. The van der Waals surface area contributed by atoms with Gasteiger partial charge in [0.05, 0.1) is 20.3 Å².